The van der Waals surface area contributed by atoms with Crippen LogP contribution in [0.15, 0.2) is 59.0 Å². The van der Waals surface area contributed by atoms with Gasteiger partial charge in [-0.15, -0.1) is 0 Å². The predicted octanol–water partition coefficient (Wildman–Crippen LogP) is 7.19. The van der Waals surface area contributed by atoms with Gasteiger partial charge in [-0.05, 0) is 53.9 Å². The molecule has 0 aliphatic heterocycles. The average Bonchev–Trinajstić information content (AvgIpc) is 3.16. The van der Waals surface area contributed by atoms with Crippen molar-refractivity contribution in [1.82, 2.24) is 4.98 Å². The van der Waals surface area contributed by atoms with Crippen LogP contribution in [0.5, 0.6) is 5.75 Å². The standard InChI is InChI=1S/C24H20Cl2N2O3/c1-13(2)14-4-6-15(7-5-14)24-28-20-12-17(8-9-21(20)31-24)27-23(29)18-10-16(25)11-19(26)22(18)30-3/h4-13H,1-3H3,(H,27,29). The minimum Gasteiger partial charge on any atom is -0.494 e. The van der Waals surface area contributed by atoms with Crippen molar-refractivity contribution in [2.75, 3.05) is 12.4 Å². The molecule has 1 aromatic heterocycles. The fourth-order valence-electron chi connectivity index (χ4n) is 3.27. The fraction of sp³-hybridized carbons (Fsp3) is 0.167. The monoisotopic (exact) mass is 454 g/mol. The van der Waals surface area contributed by atoms with E-state index in [1.807, 2.05) is 12.1 Å². The van der Waals surface area contributed by atoms with Crippen LogP contribution < -0.4 is 10.1 Å². The molecule has 31 heavy (non-hydrogen) atoms. The lowest BCUT2D eigenvalue weighted by atomic mass is 10.0. The van der Waals surface area contributed by atoms with Crippen LogP contribution in [0.3, 0.4) is 0 Å². The van der Waals surface area contributed by atoms with E-state index in [4.69, 9.17) is 32.4 Å². The van der Waals surface area contributed by atoms with Crippen LogP contribution in [0.1, 0.15) is 35.7 Å². The van der Waals surface area contributed by atoms with E-state index in [0.717, 1.165) is 5.56 Å². The van der Waals surface area contributed by atoms with Gasteiger partial charge in [0.2, 0.25) is 5.89 Å². The first-order chi connectivity index (χ1) is 14.9. The molecule has 0 atom stereocenters. The molecule has 0 saturated heterocycles. The number of fused-ring (bicyclic) bond motifs is 1. The maximum absolute atomic E-state index is 12.8. The van der Waals surface area contributed by atoms with E-state index in [0.29, 0.717) is 33.6 Å². The molecule has 0 aliphatic rings. The van der Waals surface area contributed by atoms with Crippen LogP contribution in [0, 0.1) is 0 Å². The SMILES string of the molecule is COc1c(Cl)cc(Cl)cc1C(=O)Nc1ccc2oc(-c3ccc(C(C)C)cc3)nc2c1. The van der Waals surface area contributed by atoms with Gasteiger partial charge in [0.1, 0.15) is 11.3 Å². The minimum absolute atomic E-state index is 0.242. The molecule has 1 heterocycles. The molecule has 158 valence electrons. The molecule has 0 saturated carbocycles. The molecule has 0 radical (unpaired) electrons. The number of aromatic nitrogens is 1. The number of carbonyl (C=O) groups excluding carboxylic acids is 1. The molecule has 0 bridgehead atoms. The van der Waals surface area contributed by atoms with Crippen molar-refractivity contribution >= 4 is 45.9 Å². The molecule has 0 spiro atoms. The number of rotatable bonds is 5. The summed E-state index contributed by atoms with van der Waals surface area (Å²) in [4.78, 5) is 17.4. The smallest absolute Gasteiger partial charge is 0.259 e. The molecule has 4 rings (SSSR count). The Balaban J connectivity index is 1.61. The van der Waals surface area contributed by atoms with Crippen molar-refractivity contribution in [3.8, 4) is 17.2 Å². The van der Waals surface area contributed by atoms with Crippen molar-refractivity contribution in [3.05, 3.63) is 75.8 Å². The van der Waals surface area contributed by atoms with E-state index in [1.54, 1.807) is 18.2 Å². The molecule has 0 aliphatic carbocycles. The Labute approximate surface area is 189 Å². The molecule has 0 fully saturated rings. The summed E-state index contributed by atoms with van der Waals surface area (Å²) < 4.78 is 11.1. The third-order valence-electron chi connectivity index (χ3n) is 4.93. The van der Waals surface area contributed by atoms with Gasteiger partial charge in [-0.1, -0.05) is 49.2 Å². The van der Waals surface area contributed by atoms with E-state index < -0.39 is 5.91 Å². The third-order valence-corrected chi connectivity index (χ3v) is 5.43. The predicted molar refractivity (Wildman–Crippen MR) is 125 cm³/mol. The highest BCUT2D eigenvalue weighted by atomic mass is 35.5. The van der Waals surface area contributed by atoms with Gasteiger partial charge in [0.25, 0.3) is 5.91 Å². The number of oxazole rings is 1. The second kappa shape index (κ2) is 8.61. The van der Waals surface area contributed by atoms with E-state index in [1.165, 1.54) is 24.8 Å². The van der Waals surface area contributed by atoms with Crippen molar-refractivity contribution in [1.29, 1.82) is 0 Å². The number of methoxy groups -OCH3 is 1. The van der Waals surface area contributed by atoms with Crippen LogP contribution in [-0.2, 0) is 0 Å². The van der Waals surface area contributed by atoms with Crippen LogP contribution in [0.2, 0.25) is 10.0 Å². The Morgan fingerprint density at radius 2 is 1.81 bits per heavy atom. The zero-order valence-electron chi connectivity index (χ0n) is 17.2. The highest BCUT2D eigenvalue weighted by molar-refractivity contribution is 6.36. The summed E-state index contributed by atoms with van der Waals surface area (Å²) in [5, 5.41) is 3.44. The van der Waals surface area contributed by atoms with Gasteiger partial charge in [0.05, 0.1) is 17.7 Å². The number of nitrogens with zero attached hydrogens (tertiary/aromatic N) is 1. The molecular formula is C24H20Cl2N2O3. The molecule has 5 nitrogen and oxygen atoms in total. The van der Waals surface area contributed by atoms with Crippen molar-refractivity contribution in [2.24, 2.45) is 0 Å². The molecule has 7 heteroatoms. The Bertz CT molecular complexity index is 1260. The first-order valence-corrected chi connectivity index (χ1v) is 10.5. The Hall–Kier alpha value is -3.02. The van der Waals surface area contributed by atoms with Crippen molar-refractivity contribution in [3.63, 3.8) is 0 Å². The van der Waals surface area contributed by atoms with Gasteiger partial charge in [-0.25, -0.2) is 4.98 Å². The number of carbonyl (C=O) groups is 1. The zero-order valence-corrected chi connectivity index (χ0v) is 18.7. The number of ether oxygens (including phenoxy) is 1. The lowest BCUT2D eigenvalue weighted by Gasteiger charge is -2.11. The maximum atomic E-state index is 12.8. The summed E-state index contributed by atoms with van der Waals surface area (Å²) in [6.07, 6.45) is 0. The Morgan fingerprint density at radius 1 is 1.06 bits per heavy atom. The van der Waals surface area contributed by atoms with Gasteiger partial charge in [0, 0.05) is 16.3 Å². The lowest BCUT2D eigenvalue weighted by Crippen LogP contribution is -2.13. The van der Waals surface area contributed by atoms with Gasteiger partial charge >= 0.3 is 0 Å². The summed E-state index contributed by atoms with van der Waals surface area (Å²) >= 11 is 12.2. The summed E-state index contributed by atoms with van der Waals surface area (Å²) in [6, 6.07) is 16.4. The average molecular weight is 455 g/mol. The second-order valence-electron chi connectivity index (χ2n) is 7.40. The summed E-state index contributed by atoms with van der Waals surface area (Å²) in [5.74, 6) is 0.848. The van der Waals surface area contributed by atoms with Crippen LogP contribution in [-0.4, -0.2) is 18.0 Å². The quantitative estimate of drug-likeness (QED) is 0.346. The molecule has 4 aromatic rings. The van der Waals surface area contributed by atoms with Gasteiger partial charge in [0.15, 0.2) is 5.58 Å². The number of amides is 1. The number of halogens is 2. The molecule has 1 N–H and O–H groups in total. The summed E-state index contributed by atoms with van der Waals surface area (Å²) in [5.41, 5.74) is 4.21. The number of hydrogen-bond donors (Lipinski definition) is 1. The van der Waals surface area contributed by atoms with E-state index >= 15 is 0 Å². The summed E-state index contributed by atoms with van der Waals surface area (Å²) in [6.45, 7) is 4.30. The van der Waals surface area contributed by atoms with E-state index in [2.05, 4.69) is 36.3 Å². The first kappa shape index (κ1) is 21.2. The Morgan fingerprint density at radius 3 is 2.48 bits per heavy atom. The van der Waals surface area contributed by atoms with E-state index in [-0.39, 0.29) is 16.3 Å². The second-order valence-corrected chi connectivity index (χ2v) is 8.24. The molecule has 0 unspecified atom stereocenters. The highest BCUT2D eigenvalue weighted by Gasteiger charge is 2.18. The molecular weight excluding hydrogens is 435 g/mol. The topological polar surface area (TPSA) is 64.4 Å². The summed E-state index contributed by atoms with van der Waals surface area (Å²) in [7, 11) is 1.45. The number of benzene rings is 3. The molecule has 1 amide bonds. The van der Waals surface area contributed by atoms with Crippen LogP contribution in [0.4, 0.5) is 5.69 Å². The normalized spacial score (nSPS) is 11.2. The number of anilines is 1. The van der Waals surface area contributed by atoms with Gasteiger partial charge in [-0.3, -0.25) is 4.79 Å². The minimum atomic E-state index is -0.395. The van der Waals surface area contributed by atoms with Gasteiger partial charge < -0.3 is 14.5 Å². The molecule has 3 aromatic carbocycles. The number of nitrogens with one attached hydrogen (secondary N) is 1. The largest absolute Gasteiger partial charge is 0.494 e. The maximum Gasteiger partial charge on any atom is 0.259 e. The lowest BCUT2D eigenvalue weighted by molar-refractivity contribution is 0.102. The highest BCUT2D eigenvalue weighted by Crippen LogP contribution is 2.33. The first-order valence-electron chi connectivity index (χ1n) is 9.71. The van der Waals surface area contributed by atoms with Gasteiger partial charge in [-0.2, -0.15) is 0 Å². The van der Waals surface area contributed by atoms with Crippen molar-refractivity contribution < 1.29 is 13.9 Å². The van der Waals surface area contributed by atoms with E-state index in [9.17, 15) is 4.79 Å². The van der Waals surface area contributed by atoms with Crippen LogP contribution in [0.25, 0.3) is 22.6 Å². The Kier molecular flexibility index (Phi) is 5.90. The third kappa shape index (κ3) is 4.38. The zero-order chi connectivity index (χ0) is 22.1. The van der Waals surface area contributed by atoms with Crippen molar-refractivity contribution in [2.45, 2.75) is 19.8 Å². The fourth-order valence-corrected chi connectivity index (χ4v) is 3.84. The number of hydrogen-bond acceptors (Lipinski definition) is 4. The van der Waals surface area contributed by atoms with Crippen LogP contribution >= 0.6 is 23.2 Å².